The number of esters is 3. The average molecular weight is 522 g/mol. The van der Waals surface area contributed by atoms with Crippen molar-refractivity contribution in [2.45, 2.75) is 143 Å². The minimum atomic E-state index is -0.956. The van der Waals surface area contributed by atoms with E-state index in [0.29, 0.717) is 18.8 Å². The highest BCUT2D eigenvalue weighted by molar-refractivity contribution is 5.81. The molecule has 37 heavy (non-hydrogen) atoms. The summed E-state index contributed by atoms with van der Waals surface area (Å²) in [5.74, 6) is -1.62. The van der Waals surface area contributed by atoms with Crippen LogP contribution in [-0.2, 0) is 28.6 Å². The van der Waals surface area contributed by atoms with Gasteiger partial charge in [-0.1, -0.05) is 53.9 Å². The average Bonchev–Trinajstić information content (AvgIpc) is 3.01. The Bertz CT molecular complexity index is 845. The van der Waals surface area contributed by atoms with Crippen molar-refractivity contribution in [3.63, 3.8) is 0 Å². The van der Waals surface area contributed by atoms with Crippen molar-refractivity contribution in [2.24, 2.45) is 34.3 Å². The van der Waals surface area contributed by atoms with E-state index in [1.54, 1.807) is 0 Å². The van der Waals surface area contributed by atoms with Gasteiger partial charge in [0.2, 0.25) is 0 Å². The highest BCUT2D eigenvalue weighted by atomic mass is 16.6. The Morgan fingerprint density at radius 1 is 1.00 bits per heavy atom. The first-order chi connectivity index (χ1) is 17.1. The Kier molecular flexibility index (Phi) is 8.78. The van der Waals surface area contributed by atoms with E-state index in [4.69, 9.17) is 19.9 Å². The lowest BCUT2D eigenvalue weighted by atomic mass is 9.65. The van der Waals surface area contributed by atoms with Crippen LogP contribution in [0.3, 0.4) is 0 Å². The molecule has 0 spiro atoms. The standard InChI is InChI=1S/C30H51NO6/c1-9-30(10-2,20-14-12-11-13-15-20)37-25(33)21-16-19-17-22(32)35-24(21)23(19)36-26(34)29(8,28(6,7)31)18-27(3,4)5/h19-21,23-24H,9-18,31H2,1-8H3. The van der Waals surface area contributed by atoms with E-state index in [1.807, 2.05) is 20.8 Å². The van der Waals surface area contributed by atoms with Gasteiger partial charge in [0.15, 0.2) is 6.10 Å². The van der Waals surface area contributed by atoms with Gasteiger partial charge in [0.1, 0.15) is 11.7 Å². The van der Waals surface area contributed by atoms with Crippen LogP contribution in [-0.4, -0.2) is 41.3 Å². The Balaban J connectivity index is 1.82. The molecule has 5 unspecified atom stereocenters. The van der Waals surface area contributed by atoms with Crippen LogP contribution in [0.4, 0.5) is 0 Å². The van der Waals surface area contributed by atoms with Crippen molar-refractivity contribution in [3.05, 3.63) is 0 Å². The number of ether oxygens (including phenoxy) is 3. The minimum Gasteiger partial charge on any atom is -0.458 e. The third-order valence-electron chi connectivity index (χ3n) is 9.59. The number of hydrogen-bond acceptors (Lipinski definition) is 7. The van der Waals surface area contributed by atoms with Crippen LogP contribution >= 0.6 is 0 Å². The van der Waals surface area contributed by atoms with Gasteiger partial charge in [-0.2, -0.15) is 0 Å². The first kappa shape index (κ1) is 29.9. The molecule has 0 radical (unpaired) electrons. The summed E-state index contributed by atoms with van der Waals surface area (Å²) in [5.41, 5.74) is 4.08. The van der Waals surface area contributed by atoms with E-state index in [9.17, 15) is 14.4 Å². The second-order valence-corrected chi connectivity index (χ2v) is 13.9. The van der Waals surface area contributed by atoms with Crippen LogP contribution in [0.1, 0.15) is 120 Å². The molecule has 2 N–H and O–H groups in total. The highest BCUT2D eigenvalue weighted by Gasteiger charge is 2.58. The predicted molar refractivity (Wildman–Crippen MR) is 142 cm³/mol. The van der Waals surface area contributed by atoms with Gasteiger partial charge in [-0.15, -0.1) is 0 Å². The third-order valence-corrected chi connectivity index (χ3v) is 9.59. The molecule has 1 aliphatic heterocycles. The van der Waals surface area contributed by atoms with E-state index >= 15 is 0 Å². The fourth-order valence-electron chi connectivity index (χ4n) is 7.08. The molecule has 3 aliphatic rings. The Hall–Kier alpha value is -1.63. The highest BCUT2D eigenvalue weighted by Crippen LogP contribution is 2.48. The first-order valence-corrected chi connectivity index (χ1v) is 14.5. The van der Waals surface area contributed by atoms with Gasteiger partial charge in [0.05, 0.1) is 17.8 Å². The largest absolute Gasteiger partial charge is 0.458 e. The lowest BCUT2D eigenvalue weighted by molar-refractivity contribution is -0.195. The molecule has 0 amide bonds. The number of hydrogen-bond donors (Lipinski definition) is 1. The number of nitrogens with two attached hydrogens (primary N) is 1. The van der Waals surface area contributed by atoms with Crippen LogP contribution in [0.25, 0.3) is 0 Å². The second kappa shape index (κ2) is 10.9. The zero-order valence-electron chi connectivity index (χ0n) is 24.5. The maximum atomic E-state index is 13.7. The first-order valence-electron chi connectivity index (χ1n) is 14.5. The summed E-state index contributed by atoms with van der Waals surface area (Å²) in [6.07, 6.45) is 6.83. The maximum Gasteiger partial charge on any atom is 0.314 e. The zero-order chi connectivity index (χ0) is 27.8. The molecule has 0 aromatic carbocycles. The van der Waals surface area contributed by atoms with Crippen molar-refractivity contribution >= 4 is 17.9 Å². The van der Waals surface area contributed by atoms with E-state index in [0.717, 1.165) is 25.7 Å². The molecule has 5 atom stereocenters. The molecule has 1 heterocycles. The Labute approximate surface area is 223 Å². The second-order valence-electron chi connectivity index (χ2n) is 13.9. The fraction of sp³-hybridized carbons (Fsp3) is 0.900. The Morgan fingerprint density at radius 2 is 1.59 bits per heavy atom. The van der Waals surface area contributed by atoms with Crippen LogP contribution < -0.4 is 5.73 Å². The van der Waals surface area contributed by atoms with Crippen molar-refractivity contribution in [3.8, 4) is 0 Å². The molecule has 3 fully saturated rings. The quantitative estimate of drug-likeness (QED) is 0.306. The summed E-state index contributed by atoms with van der Waals surface area (Å²) in [6, 6.07) is 0. The van der Waals surface area contributed by atoms with Crippen molar-refractivity contribution in [1.29, 1.82) is 0 Å². The molecule has 7 nitrogen and oxygen atoms in total. The molecular weight excluding hydrogens is 470 g/mol. The van der Waals surface area contributed by atoms with E-state index < -0.39 is 40.7 Å². The molecule has 1 saturated heterocycles. The molecule has 2 aliphatic carbocycles. The summed E-state index contributed by atoms with van der Waals surface area (Å²) in [4.78, 5) is 39.8. The normalized spacial score (nSPS) is 28.8. The van der Waals surface area contributed by atoms with Gasteiger partial charge < -0.3 is 19.9 Å². The van der Waals surface area contributed by atoms with Gasteiger partial charge in [0.25, 0.3) is 0 Å². The van der Waals surface area contributed by atoms with Gasteiger partial charge in [-0.25, -0.2) is 0 Å². The van der Waals surface area contributed by atoms with Gasteiger partial charge in [0, 0.05) is 11.5 Å². The summed E-state index contributed by atoms with van der Waals surface area (Å²) < 4.78 is 18.2. The molecule has 3 rings (SSSR count). The zero-order valence-corrected chi connectivity index (χ0v) is 24.5. The molecule has 7 heteroatoms. The van der Waals surface area contributed by atoms with Crippen LogP contribution in [0.5, 0.6) is 0 Å². The monoisotopic (exact) mass is 521 g/mol. The SMILES string of the molecule is CCC(CC)(OC(=O)C1CC2CC(=O)OC1C2OC(=O)C(C)(CC(C)(C)C)C(C)(C)N)C1CCCCC1. The number of carbonyl (C=O) groups excluding carboxylic acids is 3. The van der Waals surface area contributed by atoms with Crippen LogP contribution in [0.15, 0.2) is 0 Å². The summed E-state index contributed by atoms with van der Waals surface area (Å²) in [7, 11) is 0. The van der Waals surface area contributed by atoms with Crippen LogP contribution in [0, 0.1) is 28.6 Å². The molecule has 2 bridgehead atoms. The molecule has 0 aromatic rings. The van der Waals surface area contributed by atoms with E-state index in [1.165, 1.54) is 19.3 Å². The third kappa shape index (κ3) is 6.17. The summed E-state index contributed by atoms with van der Waals surface area (Å²) >= 11 is 0. The molecule has 0 aromatic heterocycles. The predicted octanol–water partition coefficient (Wildman–Crippen LogP) is 5.71. The van der Waals surface area contributed by atoms with Crippen molar-refractivity contribution < 1.29 is 28.6 Å². The van der Waals surface area contributed by atoms with E-state index in [-0.39, 0.29) is 29.7 Å². The smallest absolute Gasteiger partial charge is 0.314 e. The van der Waals surface area contributed by atoms with Crippen LogP contribution in [0.2, 0.25) is 0 Å². The summed E-state index contributed by atoms with van der Waals surface area (Å²) in [5, 5.41) is 0. The topological polar surface area (TPSA) is 105 Å². The fourth-order valence-corrected chi connectivity index (χ4v) is 7.08. The number of rotatable bonds is 9. The van der Waals surface area contributed by atoms with Gasteiger partial charge in [-0.3, -0.25) is 14.4 Å². The lowest BCUT2D eigenvalue weighted by Gasteiger charge is -2.44. The summed E-state index contributed by atoms with van der Waals surface area (Å²) in [6.45, 7) is 15.9. The molecule has 2 saturated carbocycles. The van der Waals surface area contributed by atoms with Gasteiger partial charge >= 0.3 is 17.9 Å². The maximum absolute atomic E-state index is 13.7. The van der Waals surface area contributed by atoms with Crippen molar-refractivity contribution in [2.75, 3.05) is 0 Å². The Morgan fingerprint density at radius 3 is 2.11 bits per heavy atom. The number of fused-ring (bicyclic) bond motifs is 2. The van der Waals surface area contributed by atoms with E-state index in [2.05, 4.69) is 34.6 Å². The van der Waals surface area contributed by atoms with Crippen molar-refractivity contribution in [1.82, 2.24) is 0 Å². The molecular formula is C30H51NO6. The lowest BCUT2D eigenvalue weighted by Crippen LogP contribution is -2.57. The van der Waals surface area contributed by atoms with Gasteiger partial charge in [-0.05, 0) is 70.6 Å². The minimum absolute atomic E-state index is 0.134. The number of carbonyl (C=O) groups is 3. The molecule has 212 valence electrons.